The molecule has 17 heavy (non-hydrogen) atoms. The van der Waals surface area contributed by atoms with Crippen LogP contribution in [0.4, 0.5) is 5.69 Å². The predicted octanol–water partition coefficient (Wildman–Crippen LogP) is 2.18. The van der Waals surface area contributed by atoms with Gasteiger partial charge in [0, 0.05) is 18.4 Å². The van der Waals surface area contributed by atoms with Gasteiger partial charge in [0.2, 0.25) is 0 Å². The molecule has 1 aliphatic rings. The zero-order valence-electron chi connectivity index (χ0n) is 9.85. The summed E-state index contributed by atoms with van der Waals surface area (Å²) in [5.41, 5.74) is 1.00. The number of ether oxygens (including phenoxy) is 2. The number of hydrogen-bond donors (Lipinski definition) is 1. The molecule has 0 aliphatic carbocycles. The molecule has 1 aromatic rings. The lowest BCUT2D eigenvalue weighted by Gasteiger charge is -2.17. The number of nitrogens with one attached hydrogen (secondary N) is 1. The van der Waals surface area contributed by atoms with Gasteiger partial charge in [-0.05, 0) is 25.5 Å². The van der Waals surface area contributed by atoms with Gasteiger partial charge >= 0.3 is 0 Å². The maximum atomic E-state index is 8.45. The topological polar surface area (TPSA) is 54.3 Å². The summed E-state index contributed by atoms with van der Waals surface area (Å²) in [4.78, 5) is 0. The maximum Gasteiger partial charge on any atom is 0.174 e. The molecular weight excluding hydrogens is 216 g/mol. The summed E-state index contributed by atoms with van der Waals surface area (Å²) in [6.07, 6.45) is 1.25. The molecule has 2 rings (SSSR count). The van der Waals surface area contributed by atoms with Crippen LogP contribution in [0.15, 0.2) is 24.3 Å². The standard InChI is InChI=1S/C13H16N2O2/c1-10-13(5-7-16-10)15-11-3-2-4-12(9-11)17-8-6-14/h2-4,9-10,13,15H,5,7-8H2,1H3. The quantitative estimate of drug-likeness (QED) is 0.864. The fourth-order valence-electron chi connectivity index (χ4n) is 1.93. The molecule has 90 valence electrons. The van der Waals surface area contributed by atoms with Crippen molar-refractivity contribution in [3.63, 3.8) is 0 Å². The van der Waals surface area contributed by atoms with Gasteiger partial charge in [-0.15, -0.1) is 0 Å². The first-order chi connectivity index (χ1) is 8.29. The molecule has 2 unspecified atom stereocenters. The molecule has 1 saturated heterocycles. The highest BCUT2D eigenvalue weighted by Crippen LogP contribution is 2.22. The third-order valence-corrected chi connectivity index (χ3v) is 2.87. The van der Waals surface area contributed by atoms with E-state index in [4.69, 9.17) is 14.7 Å². The van der Waals surface area contributed by atoms with E-state index in [1.165, 1.54) is 0 Å². The van der Waals surface area contributed by atoms with E-state index in [0.717, 1.165) is 18.7 Å². The van der Waals surface area contributed by atoms with Gasteiger partial charge in [0.05, 0.1) is 12.1 Å². The Labute approximate surface area is 101 Å². The first-order valence-corrected chi connectivity index (χ1v) is 5.77. The Kier molecular flexibility index (Phi) is 3.84. The largest absolute Gasteiger partial charge is 0.479 e. The molecule has 0 amide bonds. The van der Waals surface area contributed by atoms with Gasteiger partial charge in [0.1, 0.15) is 11.8 Å². The molecule has 1 heterocycles. The molecule has 1 aliphatic heterocycles. The van der Waals surface area contributed by atoms with Crippen LogP contribution in [0.2, 0.25) is 0 Å². The summed E-state index contributed by atoms with van der Waals surface area (Å²) in [6, 6.07) is 9.95. The molecule has 4 nitrogen and oxygen atoms in total. The number of hydrogen-bond acceptors (Lipinski definition) is 4. The van der Waals surface area contributed by atoms with Crippen molar-refractivity contribution in [1.29, 1.82) is 5.26 Å². The van der Waals surface area contributed by atoms with E-state index in [-0.39, 0.29) is 12.7 Å². The second-order valence-corrected chi connectivity index (χ2v) is 4.09. The van der Waals surface area contributed by atoms with Crippen LogP contribution in [0.3, 0.4) is 0 Å². The Bertz CT molecular complexity index is 414. The Balaban J connectivity index is 1.98. The first-order valence-electron chi connectivity index (χ1n) is 5.77. The SMILES string of the molecule is CC1OCCC1Nc1cccc(OCC#N)c1. The highest BCUT2D eigenvalue weighted by Gasteiger charge is 2.23. The number of anilines is 1. The predicted molar refractivity (Wildman–Crippen MR) is 65.0 cm³/mol. The maximum absolute atomic E-state index is 8.45. The summed E-state index contributed by atoms with van der Waals surface area (Å²) in [5.74, 6) is 0.711. The second kappa shape index (κ2) is 5.55. The van der Waals surface area contributed by atoms with Crippen molar-refractivity contribution in [3.8, 4) is 11.8 Å². The van der Waals surface area contributed by atoms with Crippen molar-refractivity contribution in [2.75, 3.05) is 18.5 Å². The summed E-state index contributed by atoms with van der Waals surface area (Å²) < 4.78 is 10.8. The third kappa shape index (κ3) is 3.11. The highest BCUT2D eigenvalue weighted by molar-refractivity contribution is 5.49. The van der Waals surface area contributed by atoms with Gasteiger partial charge in [-0.1, -0.05) is 6.07 Å². The van der Waals surface area contributed by atoms with Crippen molar-refractivity contribution in [2.24, 2.45) is 0 Å². The van der Waals surface area contributed by atoms with E-state index >= 15 is 0 Å². The Morgan fingerprint density at radius 2 is 2.47 bits per heavy atom. The molecule has 1 fully saturated rings. The normalized spacial score (nSPS) is 23.1. The second-order valence-electron chi connectivity index (χ2n) is 4.09. The molecule has 0 bridgehead atoms. The minimum Gasteiger partial charge on any atom is -0.479 e. The van der Waals surface area contributed by atoms with Crippen molar-refractivity contribution in [2.45, 2.75) is 25.5 Å². The van der Waals surface area contributed by atoms with E-state index in [0.29, 0.717) is 11.8 Å². The van der Waals surface area contributed by atoms with Crippen LogP contribution in [0.5, 0.6) is 5.75 Å². The fraction of sp³-hybridized carbons (Fsp3) is 0.462. The van der Waals surface area contributed by atoms with E-state index in [1.807, 2.05) is 30.3 Å². The fourth-order valence-corrected chi connectivity index (χ4v) is 1.93. The molecule has 1 aromatic carbocycles. The lowest BCUT2D eigenvalue weighted by Crippen LogP contribution is -2.26. The monoisotopic (exact) mass is 232 g/mol. The lowest BCUT2D eigenvalue weighted by atomic mass is 10.1. The molecule has 2 atom stereocenters. The number of nitriles is 1. The molecule has 1 N–H and O–H groups in total. The zero-order valence-corrected chi connectivity index (χ0v) is 9.85. The summed E-state index contributed by atoms with van der Waals surface area (Å²) in [7, 11) is 0. The smallest absolute Gasteiger partial charge is 0.174 e. The lowest BCUT2D eigenvalue weighted by molar-refractivity contribution is 0.121. The summed E-state index contributed by atoms with van der Waals surface area (Å²) in [6.45, 7) is 2.95. The van der Waals surface area contributed by atoms with Gasteiger partial charge in [0.15, 0.2) is 6.61 Å². The third-order valence-electron chi connectivity index (χ3n) is 2.87. The minimum absolute atomic E-state index is 0.0758. The minimum atomic E-state index is 0.0758. The van der Waals surface area contributed by atoms with Crippen molar-refractivity contribution in [3.05, 3.63) is 24.3 Å². The van der Waals surface area contributed by atoms with Crippen molar-refractivity contribution < 1.29 is 9.47 Å². The van der Waals surface area contributed by atoms with E-state index in [1.54, 1.807) is 0 Å². The average molecular weight is 232 g/mol. The van der Waals surface area contributed by atoms with Gasteiger partial charge in [-0.2, -0.15) is 5.26 Å². The number of nitrogens with zero attached hydrogens (tertiary/aromatic N) is 1. The van der Waals surface area contributed by atoms with Crippen molar-refractivity contribution >= 4 is 5.69 Å². The number of benzene rings is 1. The number of rotatable bonds is 4. The molecule has 4 heteroatoms. The highest BCUT2D eigenvalue weighted by atomic mass is 16.5. The van der Waals surface area contributed by atoms with Crippen LogP contribution >= 0.6 is 0 Å². The van der Waals surface area contributed by atoms with Crippen LogP contribution in [0.1, 0.15) is 13.3 Å². The van der Waals surface area contributed by atoms with Crippen LogP contribution in [0.25, 0.3) is 0 Å². The van der Waals surface area contributed by atoms with E-state index < -0.39 is 0 Å². The molecule has 0 radical (unpaired) electrons. The zero-order chi connectivity index (χ0) is 12.1. The van der Waals surface area contributed by atoms with Gasteiger partial charge in [0.25, 0.3) is 0 Å². The van der Waals surface area contributed by atoms with Gasteiger partial charge in [-0.25, -0.2) is 0 Å². The Morgan fingerprint density at radius 1 is 1.59 bits per heavy atom. The summed E-state index contributed by atoms with van der Waals surface area (Å²) in [5, 5.41) is 11.9. The first kappa shape index (κ1) is 11.7. The Hall–Kier alpha value is -1.73. The van der Waals surface area contributed by atoms with Crippen LogP contribution in [-0.2, 0) is 4.74 Å². The van der Waals surface area contributed by atoms with Gasteiger partial charge < -0.3 is 14.8 Å². The molecule has 0 spiro atoms. The molecule has 0 saturated carbocycles. The van der Waals surface area contributed by atoms with Crippen LogP contribution < -0.4 is 10.1 Å². The van der Waals surface area contributed by atoms with Crippen LogP contribution in [-0.4, -0.2) is 25.4 Å². The van der Waals surface area contributed by atoms with Crippen LogP contribution in [0, 0.1) is 11.3 Å². The Morgan fingerprint density at radius 3 is 3.18 bits per heavy atom. The molecular formula is C13H16N2O2. The van der Waals surface area contributed by atoms with E-state index in [9.17, 15) is 0 Å². The van der Waals surface area contributed by atoms with E-state index in [2.05, 4.69) is 12.2 Å². The summed E-state index contributed by atoms with van der Waals surface area (Å²) >= 11 is 0. The van der Waals surface area contributed by atoms with Crippen molar-refractivity contribution in [1.82, 2.24) is 0 Å². The molecule has 0 aromatic heterocycles. The van der Waals surface area contributed by atoms with Gasteiger partial charge in [-0.3, -0.25) is 0 Å². The average Bonchev–Trinajstić information content (AvgIpc) is 2.73.